The van der Waals surface area contributed by atoms with Gasteiger partial charge < -0.3 is 10.1 Å². The molecule has 0 amide bonds. The minimum Gasteiger partial charge on any atom is -0.376 e. The molecular formula is C12H27NO. The molecule has 0 unspecified atom stereocenters. The number of ether oxygens (including phenoxy) is 1. The minimum absolute atomic E-state index is 0.00363. The van der Waals surface area contributed by atoms with Crippen LogP contribution in [-0.2, 0) is 4.74 Å². The van der Waals surface area contributed by atoms with Gasteiger partial charge in [-0.25, -0.2) is 0 Å². The lowest BCUT2D eigenvalue weighted by Gasteiger charge is -2.21. The highest BCUT2D eigenvalue weighted by atomic mass is 16.5. The van der Waals surface area contributed by atoms with Crippen LogP contribution in [0, 0.1) is 5.92 Å². The van der Waals surface area contributed by atoms with Crippen LogP contribution in [0.5, 0.6) is 0 Å². The first-order valence-electron chi connectivity index (χ1n) is 5.70. The predicted octanol–water partition coefficient (Wildman–Crippen LogP) is 2.83. The normalized spacial score (nSPS) is 14.8. The van der Waals surface area contributed by atoms with Gasteiger partial charge in [0, 0.05) is 12.6 Å². The van der Waals surface area contributed by atoms with E-state index in [1.54, 1.807) is 0 Å². The molecule has 0 aliphatic carbocycles. The van der Waals surface area contributed by atoms with Gasteiger partial charge in [0.25, 0.3) is 0 Å². The first kappa shape index (κ1) is 13.9. The van der Waals surface area contributed by atoms with Gasteiger partial charge in [0.2, 0.25) is 0 Å². The smallest absolute Gasteiger partial charge is 0.0598 e. The fraction of sp³-hybridized carbons (Fsp3) is 1.00. The van der Waals surface area contributed by atoms with Gasteiger partial charge in [0.15, 0.2) is 0 Å². The molecule has 2 heteroatoms. The molecule has 0 aliphatic rings. The average Bonchev–Trinajstić information content (AvgIpc) is 2.01. The van der Waals surface area contributed by atoms with Crippen molar-refractivity contribution in [3.05, 3.63) is 0 Å². The van der Waals surface area contributed by atoms with Crippen molar-refractivity contribution in [3.63, 3.8) is 0 Å². The van der Waals surface area contributed by atoms with E-state index < -0.39 is 0 Å². The maximum atomic E-state index is 5.63. The van der Waals surface area contributed by atoms with Crippen molar-refractivity contribution in [2.75, 3.05) is 13.2 Å². The fourth-order valence-electron chi connectivity index (χ4n) is 1.02. The van der Waals surface area contributed by atoms with Gasteiger partial charge in [-0.15, -0.1) is 0 Å². The van der Waals surface area contributed by atoms with Crippen LogP contribution in [0.25, 0.3) is 0 Å². The van der Waals surface area contributed by atoms with Crippen LogP contribution < -0.4 is 5.32 Å². The van der Waals surface area contributed by atoms with Gasteiger partial charge in [-0.3, -0.25) is 0 Å². The Morgan fingerprint density at radius 2 is 1.71 bits per heavy atom. The Labute approximate surface area is 89.4 Å². The highest BCUT2D eigenvalue weighted by Crippen LogP contribution is 2.06. The zero-order valence-corrected chi connectivity index (χ0v) is 10.7. The van der Waals surface area contributed by atoms with Gasteiger partial charge in [0.05, 0.1) is 5.60 Å². The van der Waals surface area contributed by atoms with Gasteiger partial charge in [-0.05, 0) is 46.6 Å². The SMILES string of the molecule is CC(C)[C@H](C)NCCCOC(C)(C)C. The number of rotatable bonds is 6. The van der Waals surface area contributed by atoms with Crippen LogP contribution >= 0.6 is 0 Å². The molecule has 0 radical (unpaired) electrons. The van der Waals surface area contributed by atoms with Crippen molar-refractivity contribution in [2.45, 2.75) is 59.6 Å². The molecule has 86 valence electrons. The molecule has 0 saturated carbocycles. The molecule has 0 aromatic carbocycles. The zero-order valence-electron chi connectivity index (χ0n) is 10.7. The highest BCUT2D eigenvalue weighted by Gasteiger charge is 2.09. The van der Waals surface area contributed by atoms with Crippen molar-refractivity contribution in [2.24, 2.45) is 5.92 Å². The second kappa shape index (κ2) is 6.41. The van der Waals surface area contributed by atoms with E-state index in [1.807, 2.05) is 0 Å². The largest absolute Gasteiger partial charge is 0.376 e. The molecule has 0 spiro atoms. The van der Waals surface area contributed by atoms with E-state index in [2.05, 4.69) is 46.9 Å². The molecule has 1 N–H and O–H groups in total. The van der Waals surface area contributed by atoms with E-state index >= 15 is 0 Å². The molecule has 0 aromatic rings. The minimum atomic E-state index is 0.00363. The summed E-state index contributed by atoms with van der Waals surface area (Å²) in [4.78, 5) is 0. The Hall–Kier alpha value is -0.0800. The molecule has 0 rings (SSSR count). The zero-order chi connectivity index (χ0) is 11.2. The summed E-state index contributed by atoms with van der Waals surface area (Å²) < 4.78 is 5.63. The van der Waals surface area contributed by atoms with Gasteiger partial charge in [0.1, 0.15) is 0 Å². The van der Waals surface area contributed by atoms with Crippen LogP contribution in [0.1, 0.15) is 48.0 Å². The fourth-order valence-corrected chi connectivity index (χ4v) is 1.02. The lowest BCUT2D eigenvalue weighted by atomic mass is 10.1. The van der Waals surface area contributed by atoms with E-state index in [1.165, 1.54) is 0 Å². The quantitative estimate of drug-likeness (QED) is 0.667. The van der Waals surface area contributed by atoms with Crippen molar-refractivity contribution in [1.29, 1.82) is 0 Å². The Morgan fingerprint density at radius 3 is 2.14 bits per heavy atom. The van der Waals surface area contributed by atoms with Gasteiger partial charge in [-0.1, -0.05) is 13.8 Å². The first-order chi connectivity index (χ1) is 6.33. The standard InChI is InChI=1S/C12H27NO/c1-10(2)11(3)13-8-7-9-14-12(4,5)6/h10-11,13H,7-9H2,1-6H3/t11-/m0/s1. The van der Waals surface area contributed by atoms with Crippen LogP contribution in [0.15, 0.2) is 0 Å². The summed E-state index contributed by atoms with van der Waals surface area (Å²) in [5.74, 6) is 0.707. The monoisotopic (exact) mass is 201 g/mol. The van der Waals surface area contributed by atoms with E-state index in [0.717, 1.165) is 19.6 Å². The van der Waals surface area contributed by atoms with E-state index in [4.69, 9.17) is 4.74 Å². The van der Waals surface area contributed by atoms with Crippen LogP contribution in [0.4, 0.5) is 0 Å². The number of hydrogen-bond acceptors (Lipinski definition) is 2. The summed E-state index contributed by atoms with van der Waals surface area (Å²) in [6.07, 6.45) is 1.09. The lowest BCUT2D eigenvalue weighted by molar-refractivity contribution is -0.00401. The summed E-state index contributed by atoms with van der Waals surface area (Å²) in [6.45, 7) is 14.9. The van der Waals surface area contributed by atoms with E-state index in [-0.39, 0.29) is 5.60 Å². The molecule has 0 aliphatic heterocycles. The summed E-state index contributed by atoms with van der Waals surface area (Å²) in [5, 5.41) is 3.49. The van der Waals surface area contributed by atoms with Gasteiger partial charge in [-0.2, -0.15) is 0 Å². The van der Waals surface area contributed by atoms with Crippen molar-refractivity contribution in [1.82, 2.24) is 5.32 Å². The maximum absolute atomic E-state index is 5.63. The molecule has 1 atom stereocenters. The third-order valence-electron chi connectivity index (χ3n) is 2.32. The number of hydrogen-bond donors (Lipinski definition) is 1. The van der Waals surface area contributed by atoms with Crippen molar-refractivity contribution >= 4 is 0 Å². The molecule has 0 heterocycles. The van der Waals surface area contributed by atoms with Crippen molar-refractivity contribution < 1.29 is 4.74 Å². The summed E-state index contributed by atoms with van der Waals surface area (Å²) in [7, 11) is 0. The highest BCUT2D eigenvalue weighted by molar-refractivity contribution is 4.64. The molecule has 0 saturated heterocycles. The molecule has 0 bridgehead atoms. The Bertz CT molecular complexity index is 138. The molecule has 0 aromatic heterocycles. The summed E-state index contributed by atoms with van der Waals surface area (Å²) in [5.41, 5.74) is 0.00363. The predicted molar refractivity (Wildman–Crippen MR) is 62.6 cm³/mol. The van der Waals surface area contributed by atoms with E-state index in [9.17, 15) is 0 Å². The molecule has 14 heavy (non-hydrogen) atoms. The topological polar surface area (TPSA) is 21.3 Å². The summed E-state index contributed by atoms with van der Waals surface area (Å²) >= 11 is 0. The third kappa shape index (κ3) is 8.52. The molecule has 2 nitrogen and oxygen atoms in total. The Morgan fingerprint density at radius 1 is 1.14 bits per heavy atom. The Balaban J connectivity index is 3.30. The first-order valence-corrected chi connectivity index (χ1v) is 5.70. The average molecular weight is 201 g/mol. The lowest BCUT2D eigenvalue weighted by Crippen LogP contribution is -2.32. The van der Waals surface area contributed by atoms with Crippen LogP contribution in [0.3, 0.4) is 0 Å². The van der Waals surface area contributed by atoms with Crippen molar-refractivity contribution in [3.8, 4) is 0 Å². The Kier molecular flexibility index (Phi) is 6.38. The summed E-state index contributed by atoms with van der Waals surface area (Å²) in [6, 6.07) is 0.602. The second-order valence-electron chi connectivity index (χ2n) is 5.30. The number of nitrogens with one attached hydrogen (secondary N) is 1. The third-order valence-corrected chi connectivity index (χ3v) is 2.32. The second-order valence-corrected chi connectivity index (χ2v) is 5.30. The van der Waals surface area contributed by atoms with E-state index in [0.29, 0.717) is 12.0 Å². The van der Waals surface area contributed by atoms with Crippen LogP contribution in [-0.4, -0.2) is 24.8 Å². The molecular weight excluding hydrogens is 174 g/mol. The molecule has 0 fully saturated rings. The van der Waals surface area contributed by atoms with Gasteiger partial charge >= 0.3 is 0 Å². The maximum Gasteiger partial charge on any atom is 0.0598 e. The van der Waals surface area contributed by atoms with Crippen LogP contribution in [0.2, 0.25) is 0 Å².